The smallest absolute Gasteiger partial charge is 0.389 e. The number of quaternary nitrogens is 1. The molecule has 4 N–H and O–H groups in total. The van der Waals surface area contributed by atoms with Crippen molar-refractivity contribution >= 4 is 13.7 Å². The number of aliphatic hydroxyl groups is 2. The molecule has 0 saturated heterocycles. The highest BCUT2D eigenvalue weighted by Crippen LogP contribution is 2.43. The van der Waals surface area contributed by atoms with Crippen LogP contribution in [0.1, 0.15) is 149 Å². The molecule has 53 heavy (non-hydrogen) atoms. The summed E-state index contributed by atoms with van der Waals surface area (Å²) in [5, 5.41) is 23.6. The fourth-order valence-electron chi connectivity index (χ4n) is 5.44. The SMILES string of the molecule is CCCCCCCCCCCCC/C=C/[C@@H](O)[C@H](COP(=O)(O)OCC[N+](C)(C)C)NC(=O)CCC/C=C\C/C=C\C/C=C\C=C\[C@@H](O)CCCCC. The Hall–Kier alpha value is -1.84. The molecule has 0 bridgehead atoms. The summed E-state index contributed by atoms with van der Waals surface area (Å²) in [6, 6.07) is -0.889. The minimum absolute atomic E-state index is 0.0404. The first-order valence-corrected chi connectivity index (χ1v) is 22.3. The molecule has 1 unspecified atom stereocenters. The average Bonchev–Trinajstić information content (AvgIpc) is 3.10. The minimum atomic E-state index is -4.36. The molecule has 0 aromatic rings. The number of allylic oxidation sites excluding steroid dienone is 8. The Kier molecular flexibility index (Phi) is 33.4. The number of nitrogens with zero attached hydrogens (tertiary/aromatic N) is 1. The van der Waals surface area contributed by atoms with Crippen molar-refractivity contribution in [1.29, 1.82) is 0 Å². The van der Waals surface area contributed by atoms with Crippen LogP contribution in [-0.2, 0) is 18.4 Å². The largest absolute Gasteiger partial charge is 0.472 e. The lowest BCUT2D eigenvalue weighted by atomic mass is 10.0. The third kappa shape index (κ3) is 36.9. The summed E-state index contributed by atoms with van der Waals surface area (Å²) in [7, 11) is 1.50. The molecule has 0 aliphatic carbocycles. The van der Waals surface area contributed by atoms with Gasteiger partial charge in [-0.15, -0.1) is 0 Å². The van der Waals surface area contributed by atoms with Crippen LogP contribution < -0.4 is 5.32 Å². The van der Waals surface area contributed by atoms with E-state index in [1.54, 1.807) is 6.08 Å². The molecule has 0 aromatic heterocycles. The Bertz CT molecular complexity index is 1070. The van der Waals surface area contributed by atoms with Gasteiger partial charge in [-0.2, -0.15) is 0 Å². The molecule has 0 aromatic carbocycles. The molecule has 0 aliphatic heterocycles. The first-order valence-electron chi connectivity index (χ1n) is 20.8. The number of likely N-dealkylation sites (N-methyl/N-ethyl adjacent to an activating group) is 1. The summed E-state index contributed by atoms with van der Waals surface area (Å²) >= 11 is 0. The molecular weight excluding hydrogens is 687 g/mol. The number of amides is 1. The van der Waals surface area contributed by atoms with Crippen LogP contribution in [0, 0.1) is 0 Å². The van der Waals surface area contributed by atoms with Crippen LogP contribution >= 0.6 is 7.82 Å². The first kappa shape index (κ1) is 51.2. The van der Waals surface area contributed by atoms with Crippen molar-refractivity contribution in [3.8, 4) is 0 Å². The molecule has 0 saturated carbocycles. The van der Waals surface area contributed by atoms with Gasteiger partial charge in [0.1, 0.15) is 13.2 Å². The van der Waals surface area contributed by atoms with Crippen molar-refractivity contribution in [2.24, 2.45) is 0 Å². The van der Waals surface area contributed by atoms with Crippen LogP contribution in [0.2, 0.25) is 0 Å². The van der Waals surface area contributed by atoms with Gasteiger partial charge >= 0.3 is 7.82 Å². The van der Waals surface area contributed by atoms with Gasteiger partial charge in [0, 0.05) is 6.42 Å². The molecule has 1 amide bonds. The maximum Gasteiger partial charge on any atom is 0.472 e. The van der Waals surface area contributed by atoms with E-state index in [9.17, 15) is 24.5 Å². The van der Waals surface area contributed by atoms with Crippen LogP contribution in [0.25, 0.3) is 0 Å². The molecule has 9 nitrogen and oxygen atoms in total. The van der Waals surface area contributed by atoms with E-state index in [4.69, 9.17) is 9.05 Å². The van der Waals surface area contributed by atoms with Crippen LogP contribution in [0.15, 0.2) is 60.8 Å². The van der Waals surface area contributed by atoms with E-state index in [1.807, 2.05) is 45.4 Å². The molecule has 0 spiro atoms. The molecule has 10 heteroatoms. The maximum absolute atomic E-state index is 12.8. The second-order valence-electron chi connectivity index (χ2n) is 15.2. The molecule has 0 aliphatic rings. The van der Waals surface area contributed by atoms with E-state index >= 15 is 0 Å². The van der Waals surface area contributed by atoms with Gasteiger partial charge in [-0.25, -0.2) is 4.57 Å². The molecule has 0 heterocycles. The van der Waals surface area contributed by atoms with Gasteiger partial charge in [0.2, 0.25) is 5.91 Å². The number of hydrogen-bond donors (Lipinski definition) is 4. The van der Waals surface area contributed by atoms with E-state index < -0.39 is 20.0 Å². The minimum Gasteiger partial charge on any atom is -0.389 e. The number of unbranched alkanes of at least 4 members (excludes halogenated alkanes) is 14. The Morgan fingerprint density at radius 3 is 1.91 bits per heavy atom. The van der Waals surface area contributed by atoms with Gasteiger partial charge in [0.15, 0.2) is 0 Å². The Balaban J connectivity index is 4.65. The lowest BCUT2D eigenvalue weighted by molar-refractivity contribution is -0.870. The monoisotopic (exact) mass is 768 g/mol. The number of hydrogen-bond acceptors (Lipinski definition) is 6. The van der Waals surface area contributed by atoms with Gasteiger partial charge in [0.25, 0.3) is 0 Å². The lowest BCUT2D eigenvalue weighted by Gasteiger charge is -2.25. The molecule has 0 rings (SSSR count). The average molecular weight is 768 g/mol. The van der Waals surface area contributed by atoms with Crippen LogP contribution in [0.3, 0.4) is 0 Å². The highest BCUT2D eigenvalue weighted by molar-refractivity contribution is 7.47. The zero-order valence-electron chi connectivity index (χ0n) is 34.3. The maximum atomic E-state index is 12.8. The van der Waals surface area contributed by atoms with Crippen LogP contribution in [0.4, 0.5) is 0 Å². The third-order valence-corrected chi connectivity index (χ3v) is 9.82. The quantitative estimate of drug-likeness (QED) is 0.0164. The van der Waals surface area contributed by atoms with Crippen molar-refractivity contribution in [2.75, 3.05) is 40.9 Å². The highest BCUT2D eigenvalue weighted by Gasteiger charge is 2.27. The number of nitrogens with one attached hydrogen (secondary N) is 1. The lowest BCUT2D eigenvalue weighted by Crippen LogP contribution is -2.45. The summed E-state index contributed by atoms with van der Waals surface area (Å²) in [4.78, 5) is 23.0. The first-order chi connectivity index (χ1) is 25.4. The number of carbonyl (C=O) groups is 1. The van der Waals surface area contributed by atoms with Gasteiger partial charge in [-0.1, -0.05) is 158 Å². The predicted molar refractivity (Wildman–Crippen MR) is 223 cm³/mol. The summed E-state index contributed by atoms with van der Waals surface area (Å²) in [6.07, 6.45) is 40.4. The third-order valence-electron chi connectivity index (χ3n) is 8.84. The number of aliphatic hydroxyl groups excluding tert-OH is 2. The fraction of sp³-hybridized carbons (Fsp3) is 0.744. The Labute approximate surface area is 324 Å². The second kappa shape index (κ2) is 34.6. The standard InChI is InChI=1S/C43H79N2O7P/c1-6-8-10-11-12-13-14-15-18-21-24-27-31-35-42(47)41(39-52-53(49,50)51-38-37-45(3,4)5)44-43(48)36-32-28-25-22-19-16-17-20-23-26-30-34-40(46)33-29-9-7-2/h16-17,22-23,25-26,30-31,34-35,40-42,46-47H,6-15,18-21,24,27-29,32-33,36-39H2,1-5H3,(H-,44,48,49,50)/p+1/b17-16-,25-22-,26-23-,34-30+,35-31+/t40-,41-,42+/m0/s1. The summed E-state index contributed by atoms with van der Waals surface area (Å²) < 4.78 is 23.4. The van der Waals surface area contributed by atoms with Crippen molar-refractivity contribution < 1.29 is 38.0 Å². The zero-order valence-corrected chi connectivity index (χ0v) is 35.2. The number of phosphoric ester groups is 1. The van der Waals surface area contributed by atoms with Gasteiger partial charge in [-0.3, -0.25) is 13.8 Å². The second-order valence-corrected chi connectivity index (χ2v) is 16.7. The van der Waals surface area contributed by atoms with Crippen molar-refractivity contribution in [2.45, 2.75) is 167 Å². The highest BCUT2D eigenvalue weighted by atomic mass is 31.2. The molecule has 308 valence electrons. The van der Waals surface area contributed by atoms with E-state index in [0.29, 0.717) is 17.4 Å². The van der Waals surface area contributed by atoms with E-state index in [2.05, 4.69) is 49.5 Å². The van der Waals surface area contributed by atoms with E-state index in [1.165, 1.54) is 57.8 Å². The fourth-order valence-corrected chi connectivity index (χ4v) is 6.17. The molecule has 4 atom stereocenters. The number of carbonyl (C=O) groups excluding carboxylic acids is 1. The predicted octanol–water partition coefficient (Wildman–Crippen LogP) is 10.0. The summed E-state index contributed by atoms with van der Waals surface area (Å²) in [5.41, 5.74) is 0. The van der Waals surface area contributed by atoms with E-state index in [-0.39, 0.29) is 31.6 Å². The Morgan fingerprint density at radius 1 is 0.698 bits per heavy atom. The molecule has 0 fully saturated rings. The number of rotatable bonds is 36. The molecule has 0 radical (unpaired) electrons. The van der Waals surface area contributed by atoms with Crippen molar-refractivity contribution in [1.82, 2.24) is 5.32 Å². The Morgan fingerprint density at radius 2 is 1.26 bits per heavy atom. The topological polar surface area (TPSA) is 125 Å². The van der Waals surface area contributed by atoms with Gasteiger partial charge in [-0.05, 0) is 44.9 Å². The van der Waals surface area contributed by atoms with Gasteiger partial charge < -0.3 is 24.9 Å². The zero-order chi connectivity index (χ0) is 39.5. The number of phosphoric acid groups is 1. The molecular formula is C43H80N2O7P+. The normalized spacial score (nSPS) is 15.7. The van der Waals surface area contributed by atoms with Gasteiger partial charge in [0.05, 0.1) is 46.0 Å². The summed E-state index contributed by atoms with van der Waals surface area (Å²) in [6.45, 7) is 4.61. The van der Waals surface area contributed by atoms with Crippen LogP contribution in [-0.4, -0.2) is 84.6 Å². The van der Waals surface area contributed by atoms with Crippen molar-refractivity contribution in [3.05, 3.63) is 60.8 Å². The van der Waals surface area contributed by atoms with E-state index in [0.717, 1.165) is 64.2 Å². The van der Waals surface area contributed by atoms with Crippen molar-refractivity contribution in [3.63, 3.8) is 0 Å². The summed E-state index contributed by atoms with van der Waals surface area (Å²) in [5.74, 6) is -0.252. The van der Waals surface area contributed by atoms with Crippen LogP contribution in [0.5, 0.6) is 0 Å².